The molecule has 2 N–H and O–H groups in total. The first kappa shape index (κ1) is 21.1. The second-order valence-electron chi connectivity index (χ2n) is 6.78. The highest BCUT2D eigenvalue weighted by molar-refractivity contribution is 5.98. The maximum atomic E-state index is 12.3. The van der Waals surface area contributed by atoms with Crippen LogP contribution in [0.2, 0.25) is 0 Å². The number of benzene rings is 1. The average Bonchev–Trinajstić information content (AvgIpc) is 3.16. The minimum Gasteiger partial charge on any atom is -0.461 e. The van der Waals surface area contributed by atoms with Crippen molar-refractivity contribution in [2.45, 2.75) is 25.8 Å². The number of likely N-dealkylation sites (N-methyl/N-ethyl adjacent to an activating group) is 1. The number of fused-ring (bicyclic) bond motifs is 1. The topological polar surface area (TPSA) is 83.7 Å². The minimum atomic E-state index is -0.367. The van der Waals surface area contributed by atoms with Gasteiger partial charge in [-0.15, -0.1) is 12.4 Å². The first-order valence-electron chi connectivity index (χ1n) is 8.86. The summed E-state index contributed by atoms with van der Waals surface area (Å²) in [5, 5.41) is 3.82. The van der Waals surface area contributed by atoms with Crippen molar-refractivity contribution in [1.29, 1.82) is 0 Å². The number of nitrogens with zero attached hydrogens (tertiary/aromatic N) is 1. The number of nitrogens with one attached hydrogen (secondary N) is 2. The Morgan fingerprint density at radius 2 is 2.15 bits per heavy atom. The quantitative estimate of drug-likeness (QED) is 0.704. The van der Waals surface area contributed by atoms with Crippen molar-refractivity contribution in [3.8, 4) is 0 Å². The third-order valence-electron chi connectivity index (χ3n) is 4.48. The molecule has 3 rings (SSSR count). The fourth-order valence-corrected chi connectivity index (χ4v) is 3.22. The van der Waals surface area contributed by atoms with Crippen LogP contribution in [0.15, 0.2) is 18.2 Å². The van der Waals surface area contributed by atoms with Crippen LogP contribution in [0.1, 0.15) is 28.5 Å². The second kappa shape index (κ2) is 9.10. The van der Waals surface area contributed by atoms with E-state index in [0.29, 0.717) is 25.3 Å². The minimum absolute atomic E-state index is 0. The van der Waals surface area contributed by atoms with Crippen molar-refractivity contribution in [2.75, 3.05) is 33.9 Å². The molecule has 0 radical (unpaired) electrons. The van der Waals surface area contributed by atoms with Crippen LogP contribution in [0, 0.1) is 0 Å². The molecule has 8 heteroatoms. The SMILES string of the molecule is CCOC(=O)c1[nH]c2ccc(C[C@H]3COC(=O)N3)cc2c1CCN(C)C.Cl. The van der Waals surface area contributed by atoms with Crippen LogP contribution in [0.4, 0.5) is 4.79 Å². The van der Waals surface area contributed by atoms with Crippen LogP contribution in [0.3, 0.4) is 0 Å². The van der Waals surface area contributed by atoms with E-state index < -0.39 is 0 Å². The van der Waals surface area contributed by atoms with Gasteiger partial charge in [-0.05, 0) is 57.1 Å². The number of amides is 1. The Bertz CT molecular complexity index is 819. The van der Waals surface area contributed by atoms with Crippen LogP contribution < -0.4 is 5.32 Å². The summed E-state index contributed by atoms with van der Waals surface area (Å²) in [4.78, 5) is 28.9. The predicted molar refractivity (Wildman–Crippen MR) is 106 cm³/mol. The number of rotatable bonds is 7. The Morgan fingerprint density at radius 3 is 2.78 bits per heavy atom. The molecular weight excluding hydrogens is 370 g/mol. The Balaban J connectivity index is 0.00000261. The maximum absolute atomic E-state index is 12.3. The molecule has 0 aliphatic carbocycles. The van der Waals surface area contributed by atoms with Crippen LogP contribution in [0.25, 0.3) is 10.9 Å². The molecule has 0 saturated carbocycles. The lowest BCUT2D eigenvalue weighted by Crippen LogP contribution is -2.28. The zero-order valence-corrected chi connectivity index (χ0v) is 16.6. The molecule has 2 aromatic rings. The third kappa shape index (κ3) is 4.93. The molecule has 1 aliphatic heterocycles. The van der Waals surface area contributed by atoms with Gasteiger partial charge in [-0.3, -0.25) is 0 Å². The average molecular weight is 396 g/mol. The molecule has 1 saturated heterocycles. The number of hydrogen-bond donors (Lipinski definition) is 2. The fourth-order valence-electron chi connectivity index (χ4n) is 3.22. The summed E-state index contributed by atoms with van der Waals surface area (Å²) in [7, 11) is 4.01. The van der Waals surface area contributed by atoms with E-state index in [-0.39, 0.29) is 30.5 Å². The summed E-state index contributed by atoms with van der Waals surface area (Å²) < 4.78 is 10.2. The van der Waals surface area contributed by atoms with Crippen molar-refractivity contribution in [3.63, 3.8) is 0 Å². The van der Waals surface area contributed by atoms with Crippen molar-refractivity contribution in [1.82, 2.24) is 15.2 Å². The Labute approximate surface area is 164 Å². The van der Waals surface area contributed by atoms with E-state index in [1.807, 2.05) is 26.2 Å². The van der Waals surface area contributed by atoms with E-state index in [9.17, 15) is 9.59 Å². The van der Waals surface area contributed by atoms with Crippen molar-refractivity contribution in [3.05, 3.63) is 35.0 Å². The normalized spacial score (nSPS) is 16.1. The molecule has 2 heterocycles. The van der Waals surface area contributed by atoms with Crippen LogP contribution in [-0.2, 0) is 22.3 Å². The molecule has 1 amide bonds. The summed E-state index contributed by atoms with van der Waals surface area (Å²) in [6, 6.07) is 6.05. The molecule has 1 aromatic carbocycles. The number of halogens is 1. The molecule has 1 aliphatic rings. The standard InChI is InChI=1S/C19H25N3O4.ClH/c1-4-25-18(23)17-14(7-8-22(2)3)15-10-12(5-6-16(15)21-17)9-13-11-26-19(24)20-13;/h5-6,10,13,21H,4,7-9,11H2,1-3H3,(H,20,24);1H/t13-;/m0./s1. The molecule has 1 fully saturated rings. The summed E-state index contributed by atoms with van der Waals surface area (Å²) in [5.41, 5.74) is 3.50. The predicted octanol–water partition coefficient (Wildman–Crippen LogP) is 2.52. The highest BCUT2D eigenvalue weighted by atomic mass is 35.5. The number of hydrogen-bond acceptors (Lipinski definition) is 5. The number of alkyl carbamates (subject to hydrolysis) is 1. The van der Waals surface area contributed by atoms with Gasteiger partial charge >= 0.3 is 12.1 Å². The van der Waals surface area contributed by atoms with E-state index in [2.05, 4.69) is 21.3 Å². The van der Waals surface area contributed by atoms with Gasteiger partial charge in [0.15, 0.2) is 0 Å². The number of H-pyrrole nitrogens is 1. The van der Waals surface area contributed by atoms with Gasteiger partial charge in [-0.2, -0.15) is 0 Å². The van der Waals surface area contributed by atoms with Crippen molar-refractivity contribution in [2.24, 2.45) is 0 Å². The molecule has 7 nitrogen and oxygen atoms in total. The summed E-state index contributed by atoms with van der Waals surface area (Å²) in [6.07, 6.45) is 1.07. The number of ether oxygens (including phenoxy) is 2. The van der Waals surface area contributed by atoms with Gasteiger partial charge in [0.1, 0.15) is 12.3 Å². The number of aromatic nitrogens is 1. The van der Waals surface area contributed by atoms with Gasteiger partial charge in [-0.1, -0.05) is 6.07 Å². The van der Waals surface area contributed by atoms with Crippen molar-refractivity contribution < 1.29 is 19.1 Å². The summed E-state index contributed by atoms with van der Waals surface area (Å²) in [5.74, 6) is -0.324. The first-order chi connectivity index (χ1) is 12.5. The number of carbonyl (C=O) groups is 2. The first-order valence-corrected chi connectivity index (χ1v) is 8.86. The van der Waals surface area contributed by atoms with Crippen LogP contribution in [-0.4, -0.2) is 61.8 Å². The largest absolute Gasteiger partial charge is 0.461 e. The zero-order chi connectivity index (χ0) is 18.7. The maximum Gasteiger partial charge on any atom is 0.407 e. The van der Waals surface area contributed by atoms with Gasteiger partial charge in [-0.25, -0.2) is 9.59 Å². The number of cyclic esters (lactones) is 1. The number of esters is 1. The number of carbonyl (C=O) groups excluding carboxylic acids is 2. The molecule has 0 unspecified atom stereocenters. The third-order valence-corrected chi connectivity index (χ3v) is 4.48. The Hall–Kier alpha value is -2.25. The molecule has 0 bridgehead atoms. The summed E-state index contributed by atoms with van der Waals surface area (Å²) >= 11 is 0. The van der Waals surface area contributed by atoms with Gasteiger partial charge in [0.2, 0.25) is 0 Å². The van der Waals surface area contributed by atoms with Crippen LogP contribution in [0.5, 0.6) is 0 Å². The van der Waals surface area contributed by atoms with Gasteiger partial charge in [0, 0.05) is 17.4 Å². The molecule has 0 spiro atoms. The van der Waals surface area contributed by atoms with E-state index in [0.717, 1.165) is 35.0 Å². The Morgan fingerprint density at radius 1 is 1.37 bits per heavy atom. The highest BCUT2D eigenvalue weighted by Gasteiger charge is 2.23. The molecule has 27 heavy (non-hydrogen) atoms. The highest BCUT2D eigenvalue weighted by Crippen LogP contribution is 2.26. The van der Waals surface area contributed by atoms with Crippen molar-refractivity contribution >= 4 is 35.4 Å². The number of aromatic amines is 1. The van der Waals surface area contributed by atoms with E-state index >= 15 is 0 Å². The monoisotopic (exact) mass is 395 g/mol. The van der Waals surface area contributed by atoms with Gasteiger partial charge in [0.25, 0.3) is 0 Å². The van der Waals surface area contributed by atoms with Gasteiger partial charge < -0.3 is 24.7 Å². The lowest BCUT2D eigenvalue weighted by molar-refractivity contribution is 0.0519. The lowest BCUT2D eigenvalue weighted by atomic mass is 10.0. The van der Waals surface area contributed by atoms with E-state index in [1.54, 1.807) is 6.92 Å². The molecule has 1 atom stereocenters. The molecular formula is C19H26ClN3O4. The lowest BCUT2D eigenvalue weighted by Gasteiger charge is -2.11. The zero-order valence-electron chi connectivity index (χ0n) is 15.8. The molecule has 148 valence electrons. The molecule has 1 aromatic heterocycles. The van der Waals surface area contributed by atoms with Crippen LogP contribution >= 0.6 is 12.4 Å². The fraction of sp³-hybridized carbons (Fsp3) is 0.474. The van der Waals surface area contributed by atoms with E-state index in [4.69, 9.17) is 9.47 Å². The second-order valence-corrected chi connectivity index (χ2v) is 6.78. The Kier molecular flexibility index (Phi) is 7.10. The summed E-state index contributed by atoms with van der Waals surface area (Å²) in [6.45, 7) is 3.35. The van der Waals surface area contributed by atoms with E-state index in [1.165, 1.54) is 0 Å². The smallest absolute Gasteiger partial charge is 0.407 e. The van der Waals surface area contributed by atoms with Gasteiger partial charge in [0.05, 0.1) is 12.6 Å².